The van der Waals surface area contributed by atoms with Crippen LogP contribution in [0.15, 0.2) is 83.8 Å². The Morgan fingerprint density at radius 3 is 1.85 bits per heavy atom. The molecule has 3 aromatic rings. The predicted octanol–water partition coefficient (Wildman–Crippen LogP) is 3.35. The van der Waals surface area contributed by atoms with Crippen molar-refractivity contribution in [2.75, 3.05) is 0 Å². The van der Waals surface area contributed by atoms with Crippen LogP contribution in [-0.4, -0.2) is 14.3 Å². The molecule has 26 heavy (non-hydrogen) atoms. The van der Waals surface area contributed by atoms with E-state index in [-0.39, 0.29) is 16.2 Å². The summed E-state index contributed by atoms with van der Waals surface area (Å²) in [5.74, 6) is 0.725. The molecule has 7 heteroatoms. The molecular weight excluding hydrogens is 354 g/mol. The van der Waals surface area contributed by atoms with Crippen LogP contribution in [0.2, 0.25) is 0 Å². The molecule has 0 unspecified atom stereocenters. The second kappa shape index (κ2) is 7.28. The van der Waals surface area contributed by atoms with Crippen molar-refractivity contribution in [3.8, 4) is 17.2 Å². The molecule has 0 saturated heterocycles. The molecule has 2 N–H and O–H groups in total. The molecule has 3 aromatic carbocycles. The van der Waals surface area contributed by atoms with E-state index in [1.54, 1.807) is 12.1 Å². The number of hydrogen-bond acceptors (Lipinski definition) is 5. The van der Waals surface area contributed by atoms with E-state index < -0.39 is 16.0 Å². The number of nitrogens with two attached hydrogens (primary N) is 1. The first kappa shape index (κ1) is 17.5. The van der Waals surface area contributed by atoms with E-state index in [1.807, 2.05) is 30.3 Å². The molecule has 0 fully saturated rings. The molecule has 0 saturated carbocycles. The zero-order valence-corrected chi connectivity index (χ0v) is 14.3. The van der Waals surface area contributed by atoms with Gasteiger partial charge in [0.05, 0.1) is 0 Å². The summed E-state index contributed by atoms with van der Waals surface area (Å²) in [6, 6.07) is 20.6. The fraction of sp³-hybridized carbons (Fsp3) is 0. The highest BCUT2D eigenvalue weighted by Gasteiger charge is 2.17. The lowest BCUT2D eigenvalue weighted by atomic mass is 10.2. The van der Waals surface area contributed by atoms with Crippen molar-refractivity contribution in [1.82, 2.24) is 0 Å². The lowest BCUT2D eigenvalue weighted by molar-refractivity contribution is 0.1000. The first-order valence-corrected chi connectivity index (χ1v) is 9.02. The van der Waals surface area contributed by atoms with Gasteiger partial charge in [-0.3, -0.25) is 4.79 Å². The van der Waals surface area contributed by atoms with Crippen LogP contribution in [-0.2, 0) is 10.1 Å². The quantitative estimate of drug-likeness (QED) is 0.672. The van der Waals surface area contributed by atoms with Crippen LogP contribution in [0.5, 0.6) is 17.2 Å². The Kier molecular flexibility index (Phi) is 4.90. The Bertz CT molecular complexity index is 998. The Hall–Kier alpha value is -3.32. The third-order valence-corrected chi connectivity index (χ3v) is 4.70. The highest BCUT2D eigenvalue weighted by atomic mass is 32.2. The number of ether oxygens (including phenoxy) is 1. The van der Waals surface area contributed by atoms with Gasteiger partial charge in [-0.2, -0.15) is 8.42 Å². The van der Waals surface area contributed by atoms with Crippen molar-refractivity contribution in [3.63, 3.8) is 0 Å². The van der Waals surface area contributed by atoms with Gasteiger partial charge in [0.15, 0.2) is 0 Å². The van der Waals surface area contributed by atoms with Gasteiger partial charge in [-0.15, -0.1) is 0 Å². The molecule has 0 spiro atoms. The van der Waals surface area contributed by atoms with Crippen LogP contribution in [0, 0.1) is 0 Å². The Morgan fingerprint density at radius 1 is 0.731 bits per heavy atom. The van der Waals surface area contributed by atoms with Gasteiger partial charge in [-0.05, 0) is 60.7 Å². The molecule has 0 aliphatic carbocycles. The molecule has 0 heterocycles. The van der Waals surface area contributed by atoms with Crippen LogP contribution in [0.3, 0.4) is 0 Å². The summed E-state index contributed by atoms with van der Waals surface area (Å²) < 4.78 is 35.3. The molecule has 0 bridgehead atoms. The normalized spacial score (nSPS) is 10.9. The van der Waals surface area contributed by atoms with Gasteiger partial charge in [0.2, 0.25) is 5.91 Å². The third-order valence-electron chi connectivity index (χ3n) is 3.44. The van der Waals surface area contributed by atoms with E-state index in [0.717, 1.165) is 0 Å². The average Bonchev–Trinajstić information content (AvgIpc) is 2.64. The zero-order chi connectivity index (χ0) is 18.6. The van der Waals surface area contributed by atoms with Crippen LogP contribution >= 0.6 is 0 Å². The van der Waals surface area contributed by atoms with E-state index in [0.29, 0.717) is 11.5 Å². The van der Waals surface area contributed by atoms with Crippen LogP contribution in [0.1, 0.15) is 10.4 Å². The van der Waals surface area contributed by atoms with Gasteiger partial charge in [-0.25, -0.2) is 0 Å². The number of rotatable bonds is 6. The molecule has 1 amide bonds. The molecule has 0 atom stereocenters. The number of benzene rings is 3. The molecule has 0 aliphatic heterocycles. The molecule has 0 radical (unpaired) electrons. The standard InChI is InChI=1S/C19H15NO5S/c20-19(21)14-6-12-18(13-7-14)26(22,23)25-17-10-8-16(9-11-17)24-15-4-2-1-3-5-15/h1-13H,(H2,20,21). The fourth-order valence-electron chi connectivity index (χ4n) is 2.15. The predicted molar refractivity (Wildman–Crippen MR) is 95.7 cm³/mol. The number of carbonyl (C=O) groups is 1. The number of para-hydroxylation sites is 1. The van der Waals surface area contributed by atoms with Gasteiger partial charge in [-0.1, -0.05) is 18.2 Å². The number of primary amides is 1. The van der Waals surface area contributed by atoms with Crippen molar-refractivity contribution < 1.29 is 22.1 Å². The summed E-state index contributed by atoms with van der Waals surface area (Å²) in [6.07, 6.45) is 0. The minimum absolute atomic E-state index is 0.0767. The van der Waals surface area contributed by atoms with Crippen LogP contribution < -0.4 is 14.7 Å². The van der Waals surface area contributed by atoms with E-state index >= 15 is 0 Å². The maximum absolute atomic E-state index is 12.3. The van der Waals surface area contributed by atoms with Crippen molar-refractivity contribution in [3.05, 3.63) is 84.4 Å². The van der Waals surface area contributed by atoms with Gasteiger partial charge < -0.3 is 14.7 Å². The first-order chi connectivity index (χ1) is 12.4. The van der Waals surface area contributed by atoms with Crippen LogP contribution in [0.25, 0.3) is 0 Å². The number of hydrogen-bond donors (Lipinski definition) is 1. The minimum Gasteiger partial charge on any atom is -0.457 e. The van der Waals surface area contributed by atoms with E-state index in [4.69, 9.17) is 14.7 Å². The Labute approximate surface area is 150 Å². The monoisotopic (exact) mass is 369 g/mol. The summed E-state index contributed by atoms with van der Waals surface area (Å²) in [5, 5.41) is 0. The van der Waals surface area contributed by atoms with Gasteiger partial charge in [0.1, 0.15) is 22.1 Å². The van der Waals surface area contributed by atoms with E-state index in [1.165, 1.54) is 36.4 Å². The second-order valence-electron chi connectivity index (χ2n) is 5.31. The van der Waals surface area contributed by atoms with E-state index in [2.05, 4.69) is 0 Å². The SMILES string of the molecule is NC(=O)c1ccc(S(=O)(=O)Oc2ccc(Oc3ccccc3)cc2)cc1. The first-order valence-electron chi connectivity index (χ1n) is 7.61. The number of carbonyl (C=O) groups excluding carboxylic acids is 1. The second-order valence-corrected chi connectivity index (χ2v) is 6.86. The largest absolute Gasteiger partial charge is 0.457 e. The lowest BCUT2D eigenvalue weighted by Gasteiger charge is -2.09. The zero-order valence-electron chi connectivity index (χ0n) is 13.5. The molecule has 132 valence electrons. The average molecular weight is 369 g/mol. The maximum atomic E-state index is 12.3. The Morgan fingerprint density at radius 2 is 1.27 bits per heavy atom. The molecular formula is C19H15NO5S. The fourth-order valence-corrected chi connectivity index (χ4v) is 3.08. The van der Waals surface area contributed by atoms with Crippen molar-refractivity contribution >= 4 is 16.0 Å². The summed E-state index contributed by atoms with van der Waals surface area (Å²) in [7, 11) is -4.02. The minimum atomic E-state index is -4.02. The highest BCUT2D eigenvalue weighted by Crippen LogP contribution is 2.25. The lowest BCUT2D eigenvalue weighted by Crippen LogP contribution is -2.13. The molecule has 6 nitrogen and oxygen atoms in total. The van der Waals surface area contributed by atoms with Crippen molar-refractivity contribution in [2.45, 2.75) is 4.90 Å². The highest BCUT2D eigenvalue weighted by molar-refractivity contribution is 7.87. The summed E-state index contributed by atoms with van der Waals surface area (Å²) in [4.78, 5) is 11.0. The third kappa shape index (κ3) is 4.20. The summed E-state index contributed by atoms with van der Waals surface area (Å²) in [6.45, 7) is 0. The number of amides is 1. The van der Waals surface area contributed by atoms with Gasteiger partial charge >= 0.3 is 10.1 Å². The van der Waals surface area contributed by atoms with E-state index in [9.17, 15) is 13.2 Å². The van der Waals surface area contributed by atoms with Crippen LogP contribution in [0.4, 0.5) is 0 Å². The van der Waals surface area contributed by atoms with Gasteiger partial charge in [0, 0.05) is 5.56 Å². The molecule has 0 aliphatic rings. The summed E-state index contributed by atoms with van der Waals surface area (Å²) >= 11 is 0. The van der Waals surface area contributed by atoms with Crippen molar-refractivity contribution in [2.24, 2.45) is 5.73 Å². The molecule has 3 rings (SSSR count). The smallest absolute Gasteiger partial charge is 0.339 e. The summed E-state index contributed by atoms with van der Waals surface area (Å²) in [5.41, 5.74) is 5.35. The Balaban J connectivity index is 1.72. The van der Waals surface area contributed by atoms with Crippen molar-refractivity contribution in [1.29, 1.82) is 0 Å². The van der Waals surface area contributed by atoms with Gasteiger partial charge in [0.25, 0.3) is 0 Å². The molecule has 0 aromatic heterocycles. The topological polar surface area (TPSA) is 95.7 Å². The maximum Gasteiger partial charge on any atom is 0.339 e.